The van der Waals surface area contributed by atoms with Gasteiger partial charge in [0, 0.05) is 12.1 Å². The van der Waals surface area contributed by atoms with E-state index in [1.165, 1.54) is 14.2 Å². The first-order chi connectivity index (χ1) is 11.7. The molecule has 0 fully saturated rings. The molecule has 128 valence electrons. The average molecular weight is 331 g/mol. The first-order valence-corrected chi connectivity index (χ1v) is 7.42. The van der Waals surface area contributed by atoms with Crippen LogP contribution in [0, 0.1) is 0 Å². The molecular weight excluding hydrogens is 310 g/mol. The average Bonchev–Trinajstić information content (AvgIpc) is 2.64. The van der Waals surface area contributed by atoms with Crippen molar-refractivity contribution < 1.29 is 23.7 Å². The molecule has 0 saturated carbocycles. The number of amides is 1. The van der Waals surface area contributed by atoms with Crippen LogP contribution in [0.5, 0.6) is 23.0 Å². The van der Waals surface area contributed by atoms with Gasteiger partial charge in [0.05, 0.1) is 21.3 Å². The van der Waals surface area contributed by atoms with Crippen molar-refractivity contribution in [3.63, 3.8) is 0 Å². The molecule has 0 radical (unpaired) electrons. The zero-order chi connectivity index (χ0) is 17.4. The van der Waals surface area contributed by atoms with E-state index in [9.17, 15) is 4.79 Å². The summed E-state index contributed by atoms with van der Waals surface area (Å²) in [6.07, 6.45) is 0. The van der Waals surface area contributed by atoms with E-state index in [1.807, 2.05) is 24.3 Å². The van der Waals surface area contributed by atoms with Gasteiger partial charge in [-0.15, -0.1) is 0 Å². The summed E-state index contributed by atoms with van der Waals surface area (Å²) in [5, 5.41) is 2.79. The Bertz CT molecular complexity index is 665. The Balaban J connectivity index is 1.94. The van der Waals surface area contributed by atoms with Crippen molar-refractivity contribution in [2.75, 3.05) is 27.9 Å². The SMILES string of the molecule is COc1ccccc1CNC(=O)COc1c(OC)cccc1OC. The molecule has 0 aromatic heterocycles. The maximum atomic E-state index is 12.0. The fourth-order valence-corrected chi connectivity index (χ4v) is 2.19. The third-order valence-corrected chi connectivity index (χ3v) is 3.40. The van der Waals surface area contributed by atoms with Crippen LogP contribution in [-0.2, 0) is 11.3 Å². The van der Waals surface area contributed by atoms with Gasteiger partial charge in [-0.05, 0) is 18.2 Å². The summed E-state index contributed by atoms with van der Waals surface area (Å²) in [4.78, 5) is 12.0. The van der Waals surface area contributed by atoms with Crippen LogP contribution >= 0.6 is 0 Å². The minimum atomic E-state index is -0.256. The molecule has 0 spiro atoms. The molecule has 24 heavy (non-hydrogen) atoms. The molecule has 2 rings (SSSR count). The minimum absolute atomic E-state index is 0.147. The van der Waals surface area contributed by atoms with Gasteiger partial charge in [0.15, 0.2) is 18.1 Å². The molecule has 6 heteroatoms. The smallest absolute Gasteiger partial charge is 0.258 e. The second-order valence-corrected chi connectivity index (χ2v) is 4.87. The van der Waals surface area contributed by atoms with Crippen LogP contribution in [0.3, 0.4) is 0 Å². The van der Waals surface area contributed by atoms with Gasteiger partial charge in [-0.25, -0.2) is 0 Å². The quantitative estimate of drug-likeness (QED) is 0.805. The molecule has 0 aliphatic heterocycles. The third kappa shape index (κ3) is 4.32. The highest BCUT2D eigenvalue weighted by Gasteiger charge is 2.13. The second kappa shape index (κ2) is 8.67. The Morgan fingerprint density at radius 1 is 0.875 bits per heavy atom. The van der Waals surface area contributed by atoms with Gasteiger partial charge in [-0.2, -0.15) is 0 Å². The van der Waals surface area contributed by atoms with Gasteiger partial charge in [0.25, 0.3) is 5.91 Å². The maximum Gasteiger partial charge on any atom is 0.258 e. The van der Waals surface area contributed by atoms with Crippen LogP contribution in [0.4, 0.5) is 0 Å². The van der Waals surface area contributed by atoms with E-state index in [0.29, 0.717) is 23.8 Å². The molecule has 1 N–H and O–H groups in total. The zero-order valence-electron chi connectivity index (χ0n) is 14.0. The van der Waals surface area contributed by atoms with Crippen molar-refractivity contribution >= 4 is 5.91 Å². The summed E-state index contributed by atoms with van der Waals surface area (Å²) in [7, 11) is 4.66. The molecule has 0 atom stereocenters. The molecule has 6 nitrogen and oxygen atoms in total. The summed E-state index contributed by atoms with van der Waals surface area (Å²) in [6.45, 7) is 0.209. The molecule has 0 aliphatic carbocycles. The second-order valence-electron chi connectivity index (χ2n) is 4.87. The van der Waals surface area contributed by atoms with Gasteiger partial charge in [-0.1, -0.05) is 24.3 Å². The Hall–Kier alpha value is -2.89. The fraction of sp³-hybridized carbons (Fsp3) is 0.278. The standard InChI is InChI=1S/C18H21NO5/c1-21-14-8-5-4-7-13(14)11-19-17(20)12-24-18-15(22-2)9-6-10-16(18)23-3/h4-10H,11-12H2,1-3H3,(H,19,20). The number of methoxy groups -OCH3 is 3. The molecule has 1 amide bonds. The number of hydrogen-bond acceptors (Lipinski definition) is 5. The van der Waals surface area contributed by atoms with Crippen LogP contribution in [0.15, 0.2) is 42.5 Å². The number of benzene rings is 2. The number of para-hydroxylation sites is 2. The van der Waals surface area contributed by atoms with E-state index in [-0.39, 0.29) is 12.5 Å². The number of carbonyl (C=O) groups is 1. The zero-order valence-corrected chi connectivity index (χ0v) is 14.0. The minimum Gasteiger partial charge on any atom is -0.496 e. The summed E-state index contributed by atoms with van der Waals surface area (Å²) >= 11 is 0. The Labute approximate surface area is 141 Å². The lowest BCUT2D eigenvalue weighted by atomic mass is 10.2. The van der Waals surface area contributed by atoms with Crippen LogP contribution in [0.2, 0.25) is 0 Å². The van der Waals surface area contributed by atoms with Crippen molar-refractivity contribution in [2.24, 2.45) is 0 Å². The first kappa shape index (κ1) is 17.5. The molecule has 0 bridgehead atoms. The molecule has 2 aromatic rings. The summed E-state index contributed by atoms with van der Waals surface area (Å²) in [5.41, 5.74) is 0.892. The van der Waals surface area contributed by atoms with Gasteiger partial charge in [-0.3, -0.25) is 4.79 Å². The van der Waals surface area contributed by atoms with Crippen molar-refractivity contribution in [3.8, 4) is 23.0 Å². The predicted octanol–water partition coefficient (Wildman–Crippen LogP) is 2.41. The first-order valence-electron chi connectivity index (χ1n) is 7.42. The van der Waals surface area contributed by atoms with E-state index >= 15 is 0 Å². The van der Waals surface area contributed by atoms with Crippen molar-refractivity contribution in [2.45, 2.75) is 6.54 Å². The Kier molecular flexibility index (Phi) is 6.31. The summed E-state index contributed by atoms with van der Waals surface area (Å²) in [5.74, 6) is 1.88. The summed E-state index contributed by atoms with van der Waals surface area (Å²) < 4.78 is 21.3. The fourth-order valence-electron chi connectivity index (χ4n) is 2.19. The monoisotopic (exact) mass is 331 g/mol. The van der Waals surface area contributed by atoms with Gasteiger partial charge >= 0.3 is 0 Å². The number of nitrogens with one attached hydrogen (secondary N) is 1. The topological polar surface area (TPSA) is 66.0 Å². The number of hydrogen-bond donors (Lipinski definition) is 1. The predicted molar refractivity (Wildman–Crippen MR) is 89.9 cm³/mol. The van der Waals surface area contributed by atoms with Crippen LogP contribution < -0.4 is 24.3 Å². The number of rotatable bonds is 8. The normalized spacial score (nSPS) is 9.96. The highest BCUT2D eigenvalue weighted by molar-refractivity contribution is 5.77. The molecule has 2 aromatic carbocycles. The van der Waals surface area contributed by atoms with E-state index in [0.717, 1.165) is 11.3 Å². The van der Waals surface area contributed by atoms with Crippen molar-refractivity contribution in [1.29, 1.82) is 0 Å². The van der Waals surface area contributed by atoms with Gasteiger partial charge in [0.1, 0.15) is 5.75 Å². The maximum absolute atomic E-state index is 12.0. The van der Waals surface area contributed by atoms with E-state index in [2.05, 4.69) is 5.32 Å². The lowest BCUT2D eigenvalue weighted by molar-refractivity contribution is -0.123. The summed E-state index contributed by atoms with van der Waals surface area (Å²) in [6, 6.07) is 12.8. The molecule has 0 unspecified atom stereocenters. The van der Waals surface area contributed by atoms with Crippen LogP contribution in [-0.4, -0.2) is 33.8 Å². The van der Waals surface area contributed by atoms with E-state index in [4.69, 9.17) is 18.9 Å². The molecular formula is C18H21NO5. The molecule has 0 heterocycles. The number of ether oxygens (including phenoxy) is 4. The molecule has 0 aliphatic rings. The van der Waals surface area contributed by atoms with Gasteiger partial charge < -0.3 is 24.3 Å². The third-order valence-electron chi connectivity index (χ3n) is 3.40. The largest absolute Gasteiger partial charge is 0.496 e. The Morgan fingerprint density at radius 2 is 1.46 bits per heavy atom. The lowest BCUT2D eigenvalue weighted by Crippen LogP contribution is -2.28. The van der Waals surface area contributed by atoms with Gasteiger partial charge in [0.2, 0.25) is 5.75 Å². The van der Waals surface area contributed by atoms with Crippen LogP contribution in [0.1, 0.15) is 5.56 Å². The van der Waals surface area contributed by atoms with E-state index < -0.39 is 0 Å². The molecule has 0 saturated heterocycles. The van der Waals surface area contributed by atoms with Crippen LogP contribution in [0.25, 0.3) is 0 Å². The Morgan fingerprint density at radius 3 is 2.08 bits per heavy atom. The number of carbonyl (C=O) groups excluding carboxylic acids is 1. The van der Waals surface area contributed by atoms with Crippen molar-refractivity contribution in [3.05, 3.63) is 48.0 Å². The lowest BCUT2D eigenvalue weighted by Gasteiger charge is -2.14. The van der Waals surface area contributed by atoms with Crippen molar-refractivity contribution in [1.82, 2.24) is 5.32 Å². The highest BCUT2D eigenvalue weighted by Crippen LogP contribution is 2.36. The highest BCUT2D eigenvalue weighted by atomic mass is 16.5. The van der Waals surface area contributed by atoms with E-state index in [1.54, 1.807) is 25.3 Å².